The number of halogens is 3. The molecule has 0 bridgehead atoms. The molecule has 1 aromatic heterocycles. The predicted octanol–water partition coefficient (Wildman–Crippen LogP) is 2.35. The van der Waals surface area contributed by atoms with E-state index < -0.39 is 11.4 Å². The van der Waals surface area contributed by atoms with Crippen LogP contribution in [0, 0.1) is 0 Å². The first-order chi connectivity index (χ1) is 9.46. The Bertz CT molecular complexity index is 586. The lowest BCUT2D eigenvalue weighted by molar-refractivity contribution is -0.0328. The monoisotopic (exact) mass is 302 g/mol. The molecule has 0 radical (unpaired) electrons. The molecule has 1 amide bonds. The molecule has 0 saturated carbocycles. The summed E-state index contributed by atoms with van der Waals surface area (Å²) in [5, 5.41) is 8.61. The SMILES string of the molecule is O=C(NCc1ncn[nH]1)c1ccccc1SC(F)(F)F. The van der Waals surface area contributed by atoms with E-state index in [1.165, 1.54) is 30.6 Å². The fraction of sp³-hybridized carbons (Fsp3) is 0.182. The van der Waals surface area contributed by atoms with Gasteiger partial charge in [0.2, 0.25) is 0 Å². The number of hydrogen-bond donors (Lipinski definition) is 2. The minimum atomic E-state index is -4.44. The second-order valence-corrected chi connectivity index (χ2v) is 4.77. The van der Waals surface area contributed by atoms with E-state index >= 15 is 0 Å². The van der Waals surface area contributed by atoms with Gasteiger partial charge in [0.15, 0.2) is 0 Å². The van der Waals surface area contributed by atoms with Crippen molar-refractivity contribution in [1.29, 1.82) is 0 Å². The van der Waals surface area contributed by atoms with Crippen LogP contribution in [0.4, 0.5) is 13.2 Å². The molecule has 0 atom stereocenters. The maximum atomic E-state index is 12.4. The van der Waals surface area contributed by atoms with Crippen molar-refractivity contribution >= 4 is 17.7 Å². The van der Waals surface area contributed by atoms with Gasteiger partial charge in [-0.25, -0.2) is 4.98 Å². The number of thioether (sulfide) groups is 1. The van der Waals surface area contributed by atoms with Crippen LogP contribution in [0.1, 0.15) is 16.2 Å². The molecule has 0 spiro atoms. The number of hydrogen-bond acceptors (Lipinski definition) is 4. The Morgan fingerprint density at radius 2 is 2.10 bits per heavy atom. The van der Waals surface area contributed by atoms with Crippen LogP contribution >= 0.6 is 11.8 Å². The van der Waals surface area contributed by atoms with Crippen LogP contribution < -0.4 is 5.32 Å². The van der Waals surface area contributed by atoms with E-state index in [-0.39, 0.29) is 28.8 Å². The number of benzene rings is 1. The summed E-state index contributed by atoms with van der Waals surface area (Å²) in [7, 11) is 0. The number of rotatable bonds is 4. The van der Waals surface area contributed by atoms with Gasteiger partial charge in [-0.15, -0.1) is 0 Å². The zero-order chi connectivity index (χ0) is 14.6. The van der Waals surface area contributed by atoms with Crippen LogP contribution in [-0.4, -0.2) is 26.6 Å². The van der Waals surface area contributed by atoms with Crippen LogP contribution in [0.3, 0.4) is 0 Å². The van der Waals surface area contributed by atoms with Crippen LogP contribution in [0.25, 0.3) is 0 Å². The van der Waals surface area contributed by atoms with Crippen LogP contribution in [0.5, 0.6) is 0 Å². The Kier molecular flexibility index (Phi) is 4.28. The van der Waals surface area contributed by atoms with Gasteiger partial charge in [-0.1, -0.05) is 12.1 Å². The number of nitrogens with zero attached hydrogens (tertiary/aromatic N) is 2. The summed E-state index contributed by atoms with van der Waals surface area (Å²) in [4.78, 5) is 15.5. The van der Waals surface area contributed by atoms with Gasteiger partial charge in [0.25, 0.3) is 5.91 Å². The van der Waals surface area contributed by atoms with Gasteiger partial charge in [0, 0.05) is 4.90 Å². The zero-order valence-electron chi connectivity index (χ0n) is 9.94. The molecule has 0 aliphatic carbocycles. The van der Waals surface area contributed by atoms with Gasteiger partial charge >= 0.3 is 5.51 Å². The highest BCUT2D eigenvalue weighted by atomic mass is 32.2. The first-order valence-corrected chi connectivity index (χ1v) is 6.24. The number of aromatic nitrogens is 3. The molecule has 1 aromatic carbocycles. The van der Waals surface area contributed by atoms with Gasteiger partial charge in [-0.3, -0.25) is 9.89 Å². The number of nitrogens with one attached hydrogen (secondary N) is 2. The van der Waals surface area contributed by atoms with Gasteiger partial charge in [0.05, 0.1) is 12.1 Å². The van der Waals surface area contributed by atoms with Crippen molar-refractivity contribution in [3.8, 4) is 0 Å². The Morgan fingerprint density at radius 1 is 1.35 bits per heavy atom. The van der Waals surface area contributed by atoms with E-state index in [1.807, 2.05) is 0 Å². The minimum Gasteiger partial charge on any atom is -0.345 e. The lowest BCUT2D eigenvalue weighted by atomic mass is 10.2. The van der Waals surface area contributed by atoms with E-state index in [1.54, 1.807) is 0 Å². The highest BCUT2D eigenvalue weighted by Crippen LogP contribution is 2.38. The quantitative estimate of drug-likeness (QED) is 0.851. The maximum Gasteiger partial charge on any atom is 0.446 e. The van der Waals surface area contributed by atoms with Crippen LogP contribution in [-0.2, 0) is 6.54 Å². The molecule has 106 valence electrons. The molecular weight excluding hydrogens is 293 g/mol. The summed E-state index contributed by atoms with van der Waals surface area (Å²) in [6.45, 7) is 0.0594. The van der Waals surface area contributed by atoms with E-state index in [2.05, 4.69) is 20.5 Å². The highest BCUT2D eigenvalue weighted by Gasteiger charge is 2.31. The smallest absolute Gasteiger partial charge is 0.345 e. The molecular formula is C11H9F3N4OS. The van der Waals surface area contributed by atoms with E-state index in [9.17, 15) is 18.0 Å². The average molecular weight is 302 g/mol. The molecule has 9 heteroatoms. The van der Waals surface area contributed by atoms with Crippen molar-refractivity contribution in [2.24, 2.45) is 0 Å². The van der Waals surface area contributed by atoms with Crippen molar-refractivity contribution < 1.29 is 18.0 Å². The third-order valence-corrected chi connectivity index (χ3v) is 3.05. The molecule has 0 unspecified atom stereocenters. The fourth-order valence-corrected chi connectivity index (χ4v) is 2.11. The largest absolute Gasteiger partial charge is 0.446 e. The molecule has 0 saturated heterocycles. The summed E-state index contributed by atoms with van der Waals surface area (Å²) < 4.78 is 37.2. The molecule has 5 nitrogen and oxygen atoms in total. The number of carbonyl (C=O) groups is 1. The summed E-state index contributed by atoms with van der Waals surface area (Å²) in [5.74, 6) is -0.187. The maximum absolute atomic E-state index is 12.4. The molecule has 0 fully saturated rings. The molecule has 20 heavy (non-hydrogen) atoms. The average Bonchev–Trinajstić information content (AvgIpc) is 2.88. The van der Waals surface area contributed by atoms with Gasteiger partial charge in [0.1, 0.15) is 12.2 Å². The standard InChI is InChI=1S/C11H9F3N4OS/c12-11(13,14)20-8-4-2-1-3-7(8)10(19)15-5-9-16-6-17-18-9/h1-4,6H,5H2,(H,15,19)(H,16,17,18). The zero-order valence-corrected chi connectivity index (χ0v) is 10.8. The summed E-state index contributed by atoms with van der Waals surface area (Å²) in [6.07, 6.45) is 1.27. The van der Waals surface area contributed by atoms with Crippen LogP contribution in [0.2, 0.25) is 0 Å². The van der Waals surface area contributed by atoms with E-state index in [4.69, 9.17) is 0 Å². The Morgan fingerprint density at radius 3 is 2.75 bits per heavy atom. The van der Waals surface area contributed by atoms with E-state index in [0.29, 0.717) is 5.82 Å². The Hall–Kier alpha value is -2.03. The normalized spacial score (nSPS) is 11.3. The molecule has 1 heterocycles. The van der Waals surface area contributed by atoms with Gasteiger partial charge in [-0.2, -0.15) is 18.3 Å². The van der Waals surface area contributed by atoms with Crippen molar-refractivity contribution in [2.45, 2.75) is 16.9 Å². The molecule has 2 aromatic rings. The van der Waals surface area contributed by atoms with Crippen molar-refractivity contribution in [3.63, 3.8) is 0 Å². The third-order valence-electron chi connectivity index (χ3n) is 2.24. The molecule has 0 aliphatic heterocycles. The lowest BCUT2D eigenvalue weighted by Gasteiger charge is -2.10. The van der Waals surface area contributed by atoms with Crippen molar-refractivity contribution in [2.75, 3.05) is 0 Å². The molecule has 2 N–H and O–H groups in total. The predicted molar refractivity (Wildman–Crippen MR) is 65.9 cm³/mol. The second-order valence-electron chi connectivity index (χ2n) is 3.66. The number of alkyl halides is 3. The molecule has 2 rings (SSSR count). The van der Waals surface area contributed by atoms with Crippen LogP contribution in [0.15, 0.2) is 35.5 Å². The number of H-pyrrole nitrogens is 1. The minimum absolute atomic E-state index is 0.0330. The van der Waals surface area contributed by atoms with E-state index in [0.717, 1.165) is 0 Å². The summed E-state index contributed by atoms with van der Waals surface area (Å²) in [5.41, 5.74) is -4.48. The summed E-state index contributed by atoms with van der Waals surface area (Å²) >= 11 is -0.318. The fourth-order valence-electron chi connectivity index (χ4n) is 1.44. The molecule has 0 aliphatic rings. The lowest BCUT2D eigenvalue weighted by Crippen LogP contribution is -2.24. The number of carbonyl (C=O) groups excluding carboxylic acids is 1. The number of aromatic amines is 1. The number of amides is 1. The summed E-state index contributed by atoms with van der Waals surface area (Å²) in [6, 6.07) is 5.54. The third kappa shape index (κ3) is 3.98. The Labute approximate surface area is 116 Å². The highest BCUT2D eigenvalue weighted by molar-refractivity contribution is 8.00. The van der Waals surface area contributed by atoms with Crippen molar-refractivity contribution in [3.05, 3.63) is 42.0 Å². The first-order valence-electron chi connectivity index (χ1n) is 5.43. The first kappa shape index (κ1) is 14.4. The van der Waals surface area contributed by atoms with Crippen molar-refractivity contribution in [1.82, 2.24) is 20.5 Å². The topological polar surface area (TPSA) is 70.7 Å². The Balaban J connectivity index is 2.09. The van der Waals surface area contributed by atoms with Gasteiger partial charge < -0.3 is 5.32 Å². The van der Waals surface area contributed by atoms with Gasteiger partial charge in [-0.05, 0) is 23.9 Å². The second kappa shape index (κ2) is 5.95.